The zero-order valence-electron chi connectivity index (χ0n) is 10.3. The molecular weight excluding hydrogens is 224 g/mol. The van der Waals surface area contributed by atoms with Gasteiger partial charge in [0.15, 0.2) is 0 Å². The number of carbonyl (C=O) groups is 1. The summed E-state index contributed by atoms with van der Waals surface area (Å²) in [4.78, 5) is 11.7. The van der Waals surface area contributed by atoms with Crippen LogP contribution < -0.4 is 0 Å². The molecule has 0 N–H and O–H groups in total. The van der Waals surface area contributed by atoms with E-state index in [1.807, 2.05) is 24.3 Å². The number of carbonyl (C=O) groups excluding carboxylic acids is 1. The maximum absolute atomic E-state index is 11.7. The average molecular weight is 240 g/mol. The van der Waals surface area contributed by atoms with Crippen molar-refractivity contribution in [3.05, 3.63) is 48.0 Å². The highest BCUT2D eigenvalue weighted by atomic mass is 16.5. The molecule has 0 bridgehead atoms. The van der Waals surface area contributed by atoms with Crippen LogP contribution in [0.25, 0.3) is 10.8 Å². The zero-order chi connectivity index (χ0) is 12.4. The summed E-state index contributed by atoms with van der Waals surface area (Å²) < 4.78 is 5.40. The molecule has 0 saturated heterocycles. The highest BCUT2D eigenvalue weighted by Crippen LogP contribution is 2.28. The molecule has 1 saturated carbocycles. The maximum atomic E-state index is 11.7. The molecule has 0 heterocycles. The van der Waals surface area contributed by atoms with Gasteiger partial charge in [-0.1, -0.05) is 48.9 Å². The van der Waals surface area contributed by atoms with E-state index in [-0.39, 0.29) is 11.9 Å². The largest absolute Gasteiger partial charge is 0.461 e. The summed E-state index contributed by atoms with van der Waals surface area (Å²) in [6.45, 7) is 0.386. The molecule has 2 heteroatoms. The van der Waals surface area contributed by atoms with Gasteiger partial charge in [-0.2, -0.15) is 0 Å². The second kappa shape index (κ2) is 4.81. The van der Waals surface area contributed by atoms with E-state index in [0.717, 1.165) is 24.8 Å². The fourth-order valence-corrected chi connectivity index (χ4v) is 2.33. The van der Waals surface area contributed by atoms with Crippen LogP contribution in [0.3, 0.4) is 0 Å². The molecule has 1 aliphatic carbocycles. The Morgan fingerprint density at radius 2 is 1.89 bits per heavy atom. The van der Waals surface area contributed by atoms with E-state index in [2.05, 4.69) is 18.2 Å². The SMILES string of the molecule is O=C(OCc1cccc2ccccc12)C1CCC1. The second-order valence-corrected chi connectivity index (χ2v) is 4.87. The number of fused-ring (bicyclic) bond motifs is 1. The molecule has 0 amide bonds. The number of benzene rings is 2. The van der Waals surface area contributed by atoms with Crippen molar-refractivity contribution in [1.82, 2.24) is 0 Å². The topological polar surface area (TPSA) is 26.3 Å². The fraction of sp³-hybridized carbons (Fsp3) is 0.312. The summed E-state index contributed by atoms with van der Waals surface area (Å²) >= 11 is 0. The molecule has 0 aliphatic heterocycles. The minimum absolute atomic E-state index is 0.0332. The Bertz CT molecular complexity index is 565. The third-order valence-electron chi connectivity index (χ3n) is 3.69. The van der Waals surface area contributed by atoms with Gasteiger partial charge in [0.25, 0.3) is 0 Å². The van der Waals surface area contributed by atoms with E-state index in [1.54, 1.807) is 0 Å². The first-order valence-corrected chi connectivity index (χ1v) is 6.48. The third-order valence-corrected chi connectivity index (χ3v) is 3.69. The van der Waals surface area contributed by atoms with Crippen molar-refractivity contribution in [2.24, 2.45) is 5.92 Å². The van der Waals surface area contributed by atoms with Crippen molar-refractivity contribution in [2.75, 3.05) is 0 Å². The molecule has 0 spiro atoms. The van der Waals surface area contributed by atoms with Gasteiger partial charge in [-0.25, -0.2) is 0 Å². The fourth-order valence-electron chi connectivity index (χ4n) is 2.33. The third kappa shape index (κ3) is 2.10. The first-order chi connectivity index (χ1) is 8.84. The van der Waals surface area contributed by atoms with E-state index >= 15 is 0 Å². The first-order valence-electron chi connectivity index (χ1n) is 6.48. The van der Waals surface area contributed by atoms with Gasteiger partial charge in [-0.05, 0) is 29.2 Å². The van der Waals surface area contributed by atoms with Crippen molar-refractivity contribution in [3.63, 3.8) is 0 Å². The molecule has 3 rings (SSSR count). The molecule has 0 atom stereocenters. The highest BCUT2D eigenvalue weighted by molar-refractivity contribution is 5.85. The van der Waals surface area contributed by atoms with Crippen LogP contribution >= 0.6 is 0 Å². The smallest absolute Gasteiger partial charge is 0.309 e. The number of esters is 1. The summed E-state index contributed by atoms with van der Waals surface area (Å²) in [6.07, 6.45) is 3.15. The molecule has 2 aromatic rings. The molecular formula is C16H16O2. The van der Waals surface area contributed by atoms with Crippen LogP contribution in [0.15, 0.2) is 42.5 Å². The Kier molecular flexibility index (Phi) is 3.01. The summed E-state index contributed by atoms with van der Waals surface area (Å²) in [7, 11) is 0. The maximum Gasteiger partial charge on any atom is 0.309 e. The van der Waals surface area contributed by atoms with Gasteiger partial charge in [0.1, 0.15) is 6.61 Å². The number of rotatable bonds is 3. The van der Waals surface area contributed by atoms with Crippen LogP contribution in [0.1, 0.15) is 24.8 Å². The molecule has 2 nitrogen and oxygen atoms in total. The van der Waals surface area contributed by atoms with Crippen LogP contribution in [0.2, 0.25) is 0 Å². The predicted molar refractivity (Wildman–Crippen MR) is 71.1 cm³/mol. The lowest BCUT2D eigenvalue weighted by Crippen LogP contribution is -2.23. The molecule has 1 fully saturated rings. The molecule has 0 aromatic heterocycles. The Hall–Kier alpha value is -1.83. The van der Waals surface area contributed by atoms with E-state index in [0.29, 0.717) is 6.61 Å². The van der Waals surface area contributed by atoms with Gasteiger partial charge in [0.05, 0.1) is 5.92 Å². The van der Waals surface area contributed by atoms with Gasteiger partial charge >= 0.3 is 5.97 Å². The Morgan fingerprint density at radius 1 is 1.11 bits per heavy atom. The van der Waals surface area contributed by atoms with Gasteiger partial charge < -0.3 is 4.74 Å². The minimum Gasteiger partial charge on any atom is -0.461 e. The zero-order valence-corrected chi connectivity index (χ0v) is 10.3. The molecule has 18 heavy (non-hydrogen) atoms. The molecule has 1 aliphatic rings. The van der Waals surface area contributed by atoms with Crippen LogP contribution in [0, 0.1) is 5.92 Å². The van der Waals surface area contributed by atoms with Crippen molar-refractivity contribution < 1.29 is 9.53 Å². The normalized spacial score (nSPS) is 15.3. The van der Waals surface area contributed by atoms with Crippen molar-refractivity contribution in [3.8, 4) is 0 Å². The lowest BCUT2D eigenvalue weighted by molar-refractivity contribution is -0.152. The van der Waals surface area contributed by atoms with Gasteiger partial charge in [-0.3, -0.25) is 4.79 Å². The number of ether oxygens (including phenoxy) is 1. The van der Waals surface area contributed by atoms with Crippen molar-refractivity contribution in [2.45, 2.75) is 25.9 Å². The van der Waals surface area contributed by atoms with Gasteiger partial charge in [0, 0.05) is 0 Å². The van der Waals surface area contributed by atoms with Gasteiger partial charge in [0.2, 0.25) is 0 Å². The summed E-state index contributed by atoms with van der Waals surface area (Å²) in [5, 5.41) is 2.36. The number of hydrogen-bond acceptors (Lipinski definition) is 2. The summed E-state index contributed by atoms with van der Waals surface area (Å²) in [6, 6.07) is 14.3. The Morgan fingerprint density at radius 3 is 2.67 bits per heavy atom. The van der Waals surface area contributed by atoms with Crippen molar-refractivity contribution in [1.29, 1.82) is 0 Å². The van der Waals surface area contributed by atoms with Crippen LogP contribution in [-0.2, 0) is 16.1 Å². The summed E-state index contributed by atoms with van der Waals surface area (Å²) in [5.74, 6) is 0.120. The van der Waals surface area contributed by atoms with Crippen LogP contribution in [0.4, 0.5) is 0 Å². The lowest BCUT2D eigenvalue weighted by Gasteiger charge is -2.23. The van der Waals surface area contributed by atoms with Crippen LogP contribution in [-0.4, -0.2) is 5.97 Å². The molecule has 2 aromatic carbocycles. The predicted octanol–water partition coefficient (Wildman–Crippen LogP) is 3.68. The first kappa shape index (κ1) is 11.3. The van der Waals surface area contributed by atoms with E-state index in [9.17, 15) is 4.79 Å². The highest BCUT2D eigenvalue weighted by Gasteiger charge is 2.26. The average Bonchev–Trinajstić information content (AvgIpc) is 2.34. The lowest BCUT2D eigenvalue weighted by atomic mass is 9.86. The van der Waals surface area contributed by atoms with Gasteiger partial charge in [-0.15, -0.1) is 0 Å². The molecule has 0 radical (unpaired) electrons. The number of hydrogen-bond donors (Lipinski definition) is 0. The van der Waals surface area contributed by atoms with E-state index in [4.69, 9.17) is 4.74 Å². The molecule has 0 unspecified atom stereocenters. The molecule has 92 valence electrons. The second-order valence-electron chi connectivity index (χ2n) is 4.87. The van der Waals surface area contributed by atoms with E-state index in [1.165, 1.54) is 10.8 Å². The monoisotopic (exact) mass is 240 g/mol. The standard InChI is InChI=1S/C16H16O2/c17-16(13-7-4-8-13)18-11-14-9-3-6-12-5-1-2-10-15(12)14/h1-3,5-6,9-10,13H,4,7-8,11H2. The Balaban J connectivity index is 1.76. The summed E-state index contributed by atoms with van der Waals surface area (Å²) in [5.41, 5.74) is 1.08. The van der Waals surface area contributed by atoms with Crippen LogP contribution in [0.5, 0.6) is 0 Å². The van der Waals surface area contributed by atoms with Crippen molar-refractivity contribution >= 4 is 16.7 Å². The Labute approximate surface area is 107 Å². The van der Waals surface area contributed by atoms with E-state index < -0.39 is 0 Å². The minimum atomic E-state index is -0.0332. The quantitative estimate of drug-likeness (QED) is 0.765.